The summed E-state index contributed by atoms with van der Waals surface area (Å²) < 4.78 is 0. The summed E-state index contributed by atoms with van der Waals surface area (Å²) in [7, 11) is 0. The number of carbonyl (C=O) groups is 2. The largest absolute Gasteiger partial charge is 0.399 e. The van der Waals surface area contributed by atoms with Gasteiger partial charge in [-0.25, -0.2) is 0 Å². The summed E-state index contributed by atoms with van der Waals surface area (Å²) in [5.74, 6) is 1.69. The molecule has 0 atom stereocenters. The lowest BCUT2D eigenvalue weighted by Gasteiger charge is -2.29. The minimum absolute atomic E-state index is 0.0554. The van der Waals surface area contributed by atoms with Crippen LogP contribution in [0.25, 0.3) is 0 Å². The molecule has 18 heavy (non-hydrogen) atoms. The van der Waals surface area contributed by atoms with Crippen LogP contribution in [0.4, 0.5) is 5.69 Å². The first-order chi connectivity index (χ1) is 8.68. The predicted molar refractivity (Wildman–Crippen MR) is 71.7 cm³/mol. The van der Waals surface area contributed by atoms with E-state index in [2.05, 4.69) is 0 Å². The molecule has 0 saturated carbocycles. The fourth-order valence-electron chi connectivity index (χ4n) is 2.55. The van der Waals surface area contributed by atoms with E-state index in [1.807, 2.05) is 11.8 Å². The van der Waals surface area contributed by atoms with E-state index in [1.165, 1.54) is 4.90 Å². The van der Waals surface area contributed by atoms with E-state index in [1.54, 1.807) is 18.2 Å². The molecule has 1 fully saturated rings. The monoisotopic (exact) mass is 262 g/mol. The zero-order valence-electron chi connectivity index (χ0n) is 9.89. The van der Waals surface area contributed by atoms with Crippen LogP contribution in [0.2, 0.25) is 0 Å². The van der Waals surface area contributed by atoms with Gasteiger partial charge >= 0.3 is 0 Å². The van der Waals surface area contributed by atoms with Crippen molar-refractivity contribution in [3.05, 3.63) is 29.3 Å². The van der Waals surface area contributed by atoms with Gasteiger partial charge in [0, 0.05) is 11.7 Å². The van der Waals surface area contributed by atoms with E-state index in [-0.39, 0.29) is 17.9 Å². The van der Waals surface area contributed by atoms with E-state index >= 15 is 0 Å². The third kappa shape index (κ3) is 1.70. The molecule has 2 aliphatic rings. The smallest absolute Gasteiger partial charge is 0.261 e. The van der Waals surface area contributed by atoms with Crippen LogP contribution in [0.1, 0.15) is 33.6 Å². The van der Waals surface area contributed by atoms with Crippen molar-refractivity contribution in [3.63, 3.8) is 0 Å². The van der Waals surface area contributed by atoms with E-state index in [0.29, 0.717) is 16.8 Å². The Balaban J connectivity index is 1.96. The summed E-state index contributed by atoms with van der Waals surface area (Å²) in [5.41, 5.74) is 7.15. The van der Waals surface area contributed by atoms with Crippen molar-refractivity contribution >= 4 is 29.3 Å². The summed E-state index contributed by atoms with van der Waals surface area (Å²) in [4.78, 5) is 26.0. The van der Waals surface area contributed by atoms with Gasteiger partial charge in [0.1, 0.15) is 0 Å². The first-order valence-corrected chi connectivity index (χ1v) is 7.19. The standard InChI is InChI=1S/C13H14N2O2S/c14-8-1-2-10-11(7-8)13(17)15(12(10)16)9-3-5-18-6-4-9/h1-2,7,9H,3-6,14H2. The van der Waals surface area contributed by atoms with Crippen LogP contribution < -0.4 is 5.73 Å². The van der Waals surface area contributed by atoms with Crippen LogP contribution >= 0.6 is 11.8 Å². The summed E-state index contributed by atoms with van der Waals surface area (Å²) in [6.07, 6.45) is 1.79. The fourth-order valence-corrected chi connectivity index (χ4v) is 3.63. The molecule has 1 aromatic rings. The molecule has 0 aliphatic carbocycles. The van der Waals surface area contributed by atoms with Crippen molar-refractivity contribution < 1.29 is 9.59 Å². The number of rotatable bonds is 1. The summed E-state index contributed by atoms with van der Waals surface area (Å²) in [6, 6.07) is 4.99. The third-order valence-corrected chi connectivity index (χ3v) is 4.55. The van der Waals surface area contributed by atoms with Crippen LogP contribution in [-0.2, 0) is 0 Å². The van der Waals surface area contributed by atoms with E-state index in [9.17, 15) is 9.59 Å². The van der Waals surface area contributed by atoms with Gasteiger partial charge in [-0.15, -0.1) is 0 Å². The van der Waals surface area contributed by atoms with Crippen LogP contribution in [0, 0.1) is 0 Å². The predicted octanol–water partition coefficient (Wildman–Crippen LogP) is 1.76. The molecule has 1 saturated heterocycles. The van der Waals surface area contributed by atoms with Gasteiger partial charge in [0.15, 0.2) is 0 Å². The quantitative estimate of drug-likeness (QED) is 0.619. The molecule has 2 aliphatic heterocycles. The van der Waals surface area contributed by atoms with E-state index in [0.717, 1.165) is 24.3 Å². The van der Waals surface area contributed by atoms with Gasteiger partial charge in [0.25, 0.3) is 11.8 Å². The molecule has 4 nitrogen and oxygen atoms in total. The Morgan fingerprint density at radius 3 is 2.50 bits per heavy atom. The number of nitrogens with two attached hydrogens (primary N) is 1. The number of hydrogen-bond acceptors (Lipinski definition) is 4. The molecule has 3 rings (SSSR count). The van der Waals surface area contributed by atoms with Crippen molar-refractivity contribution in [1.82, 2.24) is 4.90 Å². The zero-order chi connectivity index (χ0) is 12.7. The van der Waals surface area contributed by atoms with Crippen molar-refractivity contribution in [2.24, 2.45) is 0 Å². The molecule has 0 radical (unpaired) electrons. The Labute approximate surface area is 110 Å². The number of fused-ring (bicyclic) bond motifs is 1. The van der Waals surface area contributed by atoms with E-state index in [4.69, 9.17) is 5.73 Å². The van der Waals surface area contributed by atoms with Gasteiger partial charge in [0.05, 0.1) is 11.1 Å². The number of anilines is 1. The average Bonchev–Trinajstić information content (AvgIpc) is 2.63. The first-order valence-electron chi connectivity index (χ1n) is 6.03. The number of nitrogens with zero attached hydrogens (tertiary/aromatic N) is 1. The van der Waals surface area contributed by atoms with Crippen molar-refractivity contribution in [2.75, 3.05) is 17.2 Å². The summed E-state index contributed by atoms with van der Waals surface area (Å²) >= 11 is 1.88. The van der Waals surface area contributed by atoms with Crippen LogP contribution in [0.15, 0.2) is 18.2 Å². The van der Waals surface area contributed by atoms with Gasteiger partial charge in [-0.1, -0.05) is 0 Å². The molecule has 94 valence electrons. The van der Waals surface area contributed by atoms with E-state index < -0.39 is 0 Å². The molecule has 0 bridgehead atoms. The van der Waals surface area contributed by atoms with Gasteiger partial charge in [0.2, 0.25) is 0 Å². The minimum Gasteiger partial charge on any atom is -0.399 e. The molecular formula is C13H14N2O2S. The maximum Gasteiger partial charge on any atom is 0.261 e. The molecule has 2 amide bonds. The molecule has 0 aromatic heterocycles. The van der Waals surface area contributed by atoms with Crippen LogP contribution in [0.3, 0.4) is 0 Å². The highest BCUT2D eigenvalue weighted by atomic mass is 32.2. The van der Waals surface area contributed by atoms with Crippen molar-refractivity contribution in [1.29, 1.82) is 0 Å². The normalized spacial score (nSPS) is 20.3. The first kappa shape index (κ1) is 11.6. The lowest BCUT2D eigenvalue weighted by Crippen LogP contribution is -2.41. The molecule has 1 aromatic carbocycles. The highest BCUT2D eigenvalue weighted by Crippen LogP contribution is 2.31. The summed E-state index contributed by atoms with van der Waals surface area (Å²) in [5, 5.41) is 0. The number of imide groups is 1. The number of nitrogen functional groups attached to an aromatic ring is 1. The second-order valence-electron chi connectivity index (χ2n) is 4.63. The number of carbonyl (C=O) groups excluding carboxylic acids is 2. The van der Waals surface area contributed by atoms with Gasteiger partial charge < -0.3 is 5.73 Å². The van der Waals surface area contributed by atoms with Crippen LogP contribution in [-0.4, -0.2) is 34.3 Å². The number of thioether (sulfide) groups is 1. The lowest BCUT2D eigenvalue weighted by atomic mass is 10.1. The van der Waals surface area contributed by atoms with Crippen molar-refractivity contribution in [3.8, 4) is 0 Å². The number of amides is 2. The Kier molecular flexibility index (Phi) is 2.78. The van der Waals surface area contributed by atoms with Crippen LogP contribution in [0.5, 0.6) is 0 Å². The average molecular weight is 262 g/mol. The Morgan fingerprint density at radius 2 is 1.78 bits per heavy atom. The van der Waals surface area contributed by atoms with Gasteiger partial charge in [-0.05, 0) is 42.5 Å². The van der Waals surface area contributed by atoms with Gasteiger partial charge in [-0.3, -0.25) is 14.5 Å². The molecule has 0 unspecified atom stereocenters. The topological polar surface area (TPSA) is 63.4 Å². The Bertz CT molecular complexity index is 524. The lowest BCUT2D eigenvalue weighted by molar-refractivity contribution is 0.0576. The molecule has 0 spiro atoms. The highest BCUT2D eigenvalue weighted by Gasteiger charge is 2.40. The second-order valence-corrected chi connectivity index (χ2v) is 5.85. The molecule has 5 heteroatoms. The maximum absolute atomic E-state index is 12.3. The number of hydrogen-bond donors (Lipinski definition) is 1. The number of benzene rings is 1. The minimum atomic E-state index is -0.181. The Morgan fingerprint density at radius 1 is 1.11 bits per heavy atom. The molecular weight excluding hydrogens is 248 g/mol. The van der Waals surface area contributed by atoms with Crippen molar-refractivity contribution in [2.45, 2.75) is 18.9 Å². The molecule has 2 heterocycles. The maximum atomic E-state index is 12.3. The zero-order valence-corrected chi connectivity index (χ0v) is 10.7. The summed E-state index contributed by atoms with van der Waals surface area (Å²) in [6.45, 7) is 0. The van der Waals surface area contributed by atoms with Gasteiger partial charge in [-0.2, -0.15) is 11.8 Å². The highest BCUT2D eigenvalue weighted by molar-refractivity contribution is 7.99. The molecule has 2 N–H and O–H groups in total. The Hall–Kier alpha value is -1.49. The second kappa shape index (κ2) is 4.31. The fraction of sp³-hybridized carbons (Fsp3) is 0.385. The SMILES string of the molecule is Nc1ccc2c(c1)C(=O)N(C1CCSCC1)C2=O. The third-order valence-electron chi connectivity index (χ3n) is 3.50.